The molecule has 0 amide bonds. The third kappa shape index (κ3) is 3.41. The number of hydrogen-bond acceptors (Lipinski definition) is 3. The van der Waals surface area contributed by atoms with E-state index in [9.17, 15) is 14.7 Å². The lowest BCUT2D eigenvalue weighted by atomic mass is 10.1. The summed E-state index contributed by atoms with van der Waals surface area (Å²) in [6, 6.07) is 10.2. The summed E-state index contributed by atoms with van der Waals surface area (Å²) in [5.41, 5.74) is 2.32. The summed E-state index contributed by atoms with van der Waals surface area (Å²) >= 11 is 12.0. The molecular weight excluding hydrogens is 377 g/mol. The number of nitrogens with zero attached hydrogens (tertiary/aromatic N) is 1. The third-order valence-electron chi connectivity index (χ3n) is 4.08. The Morgan fingerprint density at radius 1 is 1.12 bits per heavy atom. The Bertz CT molecular complexity index is 1040. The van der Waals surface area contributed by atoms with Crippen molar-refractivity contribution in [3.63, 3.8) is 0 Å². The number of fused-ring (bicyclic) bond motifs is 1. The van der Waals surface area contributed by atoms with E-state index in [1.807, 2.05) is 0 Å². The first-order valence-corrected chi connectivity index (χ1v) is 8.52. The van der Waals surface area contributed by atoms with Crippen LogP contribution in [0.5, 0.6) is 5.75 Å². The second-order valence-corrected chi connectivity index (χ2v) is 6.70. The van der Waals surface area contributed by atoms with E-state index >= 15 is 0 Å². The summed E-state index contributed by atoms with van der Waals surface area (Å²) in [5.74, 6) is -1.10. The van der Waals surface area contributed by atoms with Crippen LogP contribution >= 0.6 is 23.2 Å². The minimum atomic E-state index is -1.03. The maximum Gasteiger partial charge on any atom is 0.352 e. The van der Waals surface area contributed by atoms with Crippen molar-refractivity contribution < 1.29 is 19.4 Å². The van der Waals surface area contributed by atoms with Crippen molar-refractivity contribution in [2.45, 2.75) is 20.4 Å². The molecule has 0 aliphatic rings. The molecule has 0 saturated heterocycles. The highest BCUT2D eigenvalue weighted by Gasteiger charge is 2.20. The first kappa shape index (κ1) is 18.3. The van der Waals surface area contributed by atoms with Crippen LogP contribution in [0.4, 0.5) is 0 Å². The van der Waals surface area contributed by atoms with Crippen molar-refractivity contribution in [3.8, 4) is 5.75 Å². The Morgan fingerprint density at radius 2 is 1.85 bits per heavy atom. The molecular formula is C19H15Cl2NO4. The van der Waals surface area contributed by atoms with Crippen LogP contribution in [-0.2, 0) is 11.3 Å². The van der Waals surface area contributed by atoms with Gasteiger partial charge in [0.05, 0.1) is 10.0 Å². The van der Waals surface area contributed by atoms with Gasteiger partial charge in [-0.25, -0.2) is 4.79 Å². The molecule has 3 rings (SSSR count). The molecule has 0 atom stereocenters. The van der Waals surface area contributed by atoms with Crippen molar-refractivity contribution in [2.75, 3.05) is 0 Å². The van der Waals surface area contributed by atoms with E-state index in [1.54, 1.807) is 47.9 Å². The van der Waals surface area contributed by atoms with Gasteiger partial charge in [0.25, 0.3) is 0 Å². The van der Waals surface area contributed by atoms with Crippen LogP contribution in [0, 0.1) is 6.92 Å². The molecule has 3 aromatic rings. The van der Waals surface area contributed by atoms with Gasteiger partial charge >= 0.3 is 11.9 Å². The van der Waals surface area contributed by atoms with Crippen LogP contribution < -0.4 is 4.74 Å². The molecule has 2 aromatic carbocycles. The van der Waals surface area contributed by atoms with E-state index in [1.165, 1.54) is 6.92 Å². The van der Waals surface area contributed by atoms with E-state index < -0.39 is 11.9 Å². The fourth-order valence-corrected chi connectivity index (χ4v) is 3.31. The molecule has 0 aliphatic carbocycles. The maximum atomic E-state index is 11.8. The average molecular weight is 392 g/mol. The zero-order valence-corrected chi connectivity index (χ0v) is 15.6. The van der Waals surface area contributed by atoms with Crippen molar-refractivity contribution >= 4 is 46.0 Å². The number of aromatic nitrogens is 1. The number of carbonyl (C=O) groups excluding carboxylic acids is 1. The van der Waals surface area contributed by atoms with Crippen LogP contribution in [0.15, 0.2) is 36.4 Å². The molecule has 1 heterocycles. The number of esters is 1. The van der Waals surface area contributed by atoms with E-state index in [0.717, 1.165) is 11.1 Å². The van der Waals surface area contributed by atoms with Gasteiger partial charge in [0.15, 0.2) is 0 Å². The van der Waals surface area contributed by atoms with E-state index in [2.05, 4.69) is 0 Å². The zero-order chi connectivity index (χ0) is 19.0. The standard InChI is InChI=1S/C19H15Cl2NO4/c1-10-14-8-13(26-11(2)23)4-6-17(14)22(18(10)19(24)25)9-12-3-5-15(20)16(21)7-12/h3-8H,9H2,1-2H3,(H,24,25). The molecule has 5 nitrogen and oxygen atoms in total. The van der Waals surface area contributed by atoms with Crippen molar-refractivity contribution in [1.29, 1.82) is 0 Å². The summed E-state index contributed by atoms with van der Waals surface area (Å²) in [6.45, 7) is 3.36. The van der Waals surface area contributed by atoms with Gasteiger partial charge in [-0.05, 0) is 48.4 Å². The van der Waals surface area contributed by atoms with Gasteiger partial charge in [0, 0.05) is 24.4 Å². The summed E-state index contributed by atoms with van der Waals surface area (Å²) in [5, 5.41) is 11.2. The number of hydrogen-bond donors (Lipinski definition) is 1. The lowest BCUT2D eigenvalue weighted by Gasteiger charge is -2.10. The lowest BCUT2D eigenvalue weighted by molar-refractivity contribution is -0.131. The Hall–Kier alpha value is -2.50. The van der Waals surface area contributed by atoms with Crippen LogP contribution in [0.25, 0.3) is 10.9 Å². The minimum absolute atomic E-state index is 0.172. The van der Waals surface area contributed by atoms with Crippen LogP contribution in [-0.4, -0.2) is 21.6 Å². The number of benzene rings is 2. The Kier molecular flexibility index (Phi) is 4.94. The monoisotopic (exact) mass is 391 g/mol. The molecule has 0 radical (unpaired) electrons. The van der Waals surface area contributed by atoms with E-state index in [-0.39, 0.29) is 5.69 Å². The van der Waals surface area contributed by atoms with E-state index in [4.69, 9.17) is 27.9 Å². The summed E-state index contributed by atoms with van der Waals surface area (Å²) in [6.07, 6.45) is 0. The van der Waals surface area contributed by atoms with Crippen molar-refractivity contribution in [1.82, 2.24) is 4.57 Å². The second kappa shape index (κ2) is 7.02. The lowest BCUT2D eigenvalue weighted by Crippen LogP contribution is -2.10. The largest absolute Gasteiger partial charge is 0.477 e. The number of carboxylic acid groups (broad SMARTS) is 1. The highest BCUT2D eigenvalue weighted by molar-refractivity contribution is 6.42. The highest BCUT2D eigenvalue weighted by atomic mass is 35.5. The average Bonchev–Trinajstić information content (AvgIpc) is 2.82. The number of carboxylic acids is 1. The topological polar surface area (TPSA) is 68.5 Å². The number of ether oxygens (including phenoxy) is 1. The molecule has 0 bridgehead atoms. The van der Waals surface area contributed by atoms with Crippen molar-refractivity contribution in [3.05, 3.63) is 63.3 Å². The first-order valence-electron chi connectivity index (χ1n) is 7.76. The molecule has 26 heavy (non-hydrogen) atoms. The van der Waals surface area contributed by atoms with Gasteiger partial charge in [0.2, 0.25) is 0 Å². The third-order valence-corrected chi connectivity index (χ3v) is 4.82. The first-order chi connectivity index (χ1) is 12.3. The molecule has 0 fully saturated rings. The van der Waals surface area contributed by atoms with Gasteiger partial charge in [-0.1, -0.05) is 29.3 Å². The zero-order valence-electron chi connectivity index (χ0n) is 14.0. The molecule has 0 saturated carbocycles. The number of carbonyl (C=O) groups is 2. The fourth-order valence-electron chi connectivity index (χ4n) is 2.99. The predicted octanol–water partition coefficient (Wildman–Crippen LogP) is 4.93. The summed E-state index contributed by atoms with van der Waals surface area (Å²) in [7, 11) is 0. The number of rotatable bonds is 4. The summed E-state index contributed by atoms with van der Waals surface area (Å²) < 4.78 is 6.80. The van der Waals surface area contributed by atoms with Gasteiger partial charge in [-0.3, -0.25) is 4.79 Å². The van der Waals surface area contributed by atoms with Gasteiger partial charge < -0.3 is 14.4 Å². The van der Waals surface area contributed by atoms with Crippen LogP contribution in [0.1, 0.15) is 28.5 Å². The Labute approximate surface area is 159 Å². The van der Waals surface area contributed by atoms with Gasteiger partial charge in [-0.15, -0.1) is 0 Å². The smallest absolute Gasteiger partial charge is 0.352 e. The SMILES string of the molecule is CC(=O)Oc1ccc2c(c1)c(C)c(C(=O)O)n2Cc1ccc(Cl)c(Cl)c1. The maximum absolute atomic E-state index is 11.8. The molecule has 1 aromatic heterocycles. The predicted molar refractivity (Wildman–Crippen MR) is 101 cm³/mol. The summed E-state index contributed by atoms with van der Waals surface area (Å²) in [4.78, 5) is 23.0. The molecule has 0 spiro atoms. The number of halogens is 2. The fraction of sp³-hybridized carbons (Fsp3) is 0.158. The molecule has 134 valence electrons. The van der Waals surface area contributed by atoms with Crippen LogP contribution in [0.2, 0.25) is 10.0 Å². The number of aromatic carboxylic acids is 1. The van der Waals surface area contributed by atoms with Gasteiger partial charge in [-0.2, -0.15) is 0 Å². The van der Waals surface area contributed by atoms with Gasteiger partial charge in [0.1, 0.15) is 11.4 Å². The molecule has 0 aliphatic heterocycles. The van der Waals surface area contributed by atoms with Crippen LogP contribution in [0.3, 0.4) is 0 Å². The normalized spacial score (nSPS) is 10.9. The quantitative estimate of drug-likeness (QED) is 0.505. The van der Waals surface area contributed by atoms with Crippen molar-refractivity contribution in [2.24, 2.45) is 0 Å². The molecule has 0 unspecified atom stereocenters. The Morgan fingerprint density at radius 3 is 2.46 bits per heavy atom. The van der Waals surface area contributed by atoms with E-state index in [0.29, 0.717) is 33.3 Å². The Balaban J connectivity index is 2.16. The minimum Gasteiger partial charge on any atom is -0.477 e. The highest BCUT2D eigenvalue weighted by Crippen LogP contribution is 2.31. The molecule has 1 N–H and O–H groups in total. The molecule has 7 heteroatoms. The number of aryl methyl sites for hydroxylation is 1. The second-order valence-electron chi connectivity index (χ2n) is 5.89.